The minimum Gasteiger partial charge on any atom is -0.495 e. The van der Waals surface area contributed by atoms with Crippen molar-refractivity contribution < 1.29 is 14.0 Å². The maximum atomic E-state index is 13.1. The molecule has 0 amide bonds. The lowest BCUT2D eigenvalue weighted by Gasteiger charge is -2.34. The fourth-order valence-electron chi connectivity index (χ4n) is 3.12. The Kier molecular flexibility index (Phi) is 6.29. The maximum Gasteiger partial charge on any atom is 0.177 e. The van der Waals surface area contributed by atoms with E-state index in [2.05, 4.69) is 10.2 Å². The van der Waals surface area contributed by atoms with Crippen molar-refractivity contribution in [2.24, 2.45) is 0 Å². The molecule has 0 bridgehead atoms. The van der Waals surface area contributed by atoms with Gasteiger partial charge in [-0.3, -0.25) is 0 Å². The van der Waals surface area contributed by atoms with Gasteiger partial charge in [0.1, 0.15) is 18.1 Å². The van der Waals surface area contributed by atoms with Gasteiger partial charge in [0, 0.05) is 29.6 Å². The first-order chi connectivity index (χ1) is 12.5. The van der Waals surface area contributed by atoms with Crippen LogP contribution in [-0.2, 0) is 6.54 Å². The van der Waals surface area contributed by atoms with Crippen molar-refractivity contribution in [2.75, 3.05) is 32.2 Å². The second-order valence-electron chi connectivity index (χ2n) is 6.35. The summed E-state index contributed by atoms with van der Waals surface area (Å²) in [6.07, 6.45) is 1.05. The van der Waals surface area contributed by atoms with E-state index in [1.54, 1.807) is 19.2 Å². The van der Waals surface area contributed by atoms with Gasteiger partial charge in [0.2, 0.25) is 0 Å². The summed E-state index contributed by atoms with van der Waals surface area (Å²) in [5.74, 6) is 0.457. The summed E-state index contributed by atoms with van der Waals surface area (Å²) in [5.41, 5.74) is 1.93. The third kappa shape index (κ3) is 4.84. The molecule has 4 nitrogen and oxygen atoms in total. The Balaban J connectivity index is 1.62. The molecule has 7 heteroatoms. The van der Waals surface area contributed by atoms with Crippen molar-refractivity contribution >= 4 is 34.6 Å². The fourth-order valence-corrected chi connectivity index (χ4v) is 3.55. The highest BCUT2D eigenvalue weighted by Gasteiger charge is 2.23. The molecule has 1 atom stereocenters. The van der Waals surface area contributed by atoms with E-state index in [0.29, 0.717) is 15.9 Å². The molecule has 1 heterocycles. The van der Waals surface area contributed by atoms with Crippen LogP contribution in [-0.4, -0.2) is 36.9 Å². The van der Waals surface area contributed by atoms with Crippen molar-refractivity contribution in [3.8, 4) is 5.75 Å². The highest BCUT2D eigenvalue weighted by atomic mass is 35.5. The lowest BCUT2D eigenvalue weighted by Crippen LogP contribution is -3.13. The molecule has 0 aliphatic carbocycles. The van der Waals surface area contributed by atoms with Crippen LogP contribution in [0.1, 0.15) is 12.0 Å². The number of thiocarbonyl (C=S) groups is 1. The molecule has 0 saturated carbocycles. The summed E-state index contributed by atoms with van der Waals surface area (Å²) in [6, 6.07) is 12.1. The number of hydrogen-bond acceptors (Lipinski definition) is 2. The summed E-state index contributed by atoms with van der Waals surface area (Å²) in [7, 11) is 1.61. The number of nitrogens with one attached hydrogen (secondary N) is 2. The van der Waals surface area contributed by atoms with Gasteiger partial charge in [0.25, 0.3) is 0 Å². The Labute approximate surface area is 163 Å². The van der Waals surface area contributed by atoms with Crippen molar-refractivity contribution in [1.29, 1.82) is 0 Å². The topological polar surface area (TPSA) is 28.9 Å². The molecule has 3 rings (SSSR count). The Morgan fingerprint density at radius 2 is 2.08 bits per heavy atom. The molecule has 0 spiro atoms. The standard InChI is InChI=1S/C19H21ClFN3OS/c1-25-18-11-15(20)5-8-17(18)22-19(26)24-10-2-9-23(13-24)12-14-3-6-16(21)7-4-14/h3-8,11H,2,9-10,12-13H2,1H3,(H,22,26)/p+1. The van der Waals surface area contributed by atoms with Gasteiger partial charge in [0.05, 0.1) is 19.3 Å². The van der Waals surface area contributed by atoms with Gasteiger partial charge in [-0.25, -0.2) is 4.39 Å². The van der Waals surface area contributed by atoms with Crippen LogP contribution >= 0.6 is 23.8 Å². The van der Waals surface area contributed by atoms with E-state index in [0.717, 1.165) is 44.0 Å². The number of nitrogens with zero attached hydrogens (tertiary/aromatic N) is 1. The molecule has 2 aromatic rings. The van der Waals surface area contributed by atoms with Gasteiger partial charge < -0.3 is 19.9 Å². The van der Waals surface area contributed by atoms with Crippen LogP contribution in [0.15, 0.2) is 42.5 Å². The van der Waals surface area contributed by atoms with Crippen LogP contribution in [0, 0.1) is 5.82 Å². The normalized spacial score (nSPS) is 17.0. The van der Waals surface area contributed by atoms with Gasteiger partial charge in [-0.2, -0.15) is 0 Å². The monoisotopic (exact) mass is 394 g/mol. The summed E-state index contributed by atoms with van der Waals surface area (Å²) in [6.45, 7) is 3.64. The molecule has 1 aliphatic heterocycles. The Morgan fingerprint density at radius 3 is 2.81 bits per heavy atom. The Hall–Kier alpha value is -1.89. The summed E-state index contributed by atoms with van der Waals surface area (Å²) in [4.78, 5) is 3.56. The van der Waals surface area contributed by atoms with Crippen LogP contribution < -0.4 is 15.0 Å². The quantitative estimate of drug-likeness (QED) is 0.780. The van der Waals surface area contributed by atoms with Crippen molar-refractivity contribution in [2.45, 2.75) is 13.0 Å². The molecule has 1 aliphatic rings. The van der Waals surface area contributed by atoms with Crippen molar-refractivity contribution in [3.05, 3.63) is 58.9 Å². The predicted molar refractivity (Wildman–Crippen MR) is 106 cm³/mol. The zero-order chi connectivity index (χ0) is 18.5. The van der Waals surface area contributed by atoms with E-state index in [-0.39, 0.29) is 5.82 Å². The first-order valence-corrected chi connectivity index (χ1v) is 9.31. The van der Waals surface area contributed by atoms with Crippen LogP contribution in [0.4, 0.5) is 10.1 Å². The lowest BCUT2D eigenvalue weighted by atomic mass is 10.2. The largest absolute Gasteiger partial charge is 0.495 e. The predicted octanol–water partition coefficient (Wildman–Crippen LogP) is 2.93. The summed E-state index contributed by atoms with van der Waals surface area (Å²) >= 11 is 11.6. The first kappa shape index (κ1) is 18.9. The Morgan fingerprint density at radius 1 is 1.31 bits per heavy atom. The van der Waals surface area contributed by atoms with E-state index in [4.69, 9.17) is 28.6 Å². The van der Waals surface area contributed by atoms with Gasteiger partial charge in [-0.05, 0) is 36.5 Å². The average molecular weight is 395 g/mol. The number of rotatable bonds is 4. The molecule has 2 aromatic carbocycles. The molecule has 0 aromatic heterocycles. The molecule has 1 unspecified atom stereocenters. The van der Waals surface area contributed by atoms with E-state index in [1.165, 1.54) is 17.0 Å². The molecular weight excluding hydrogens is 373 g/mol. The van der Waals surface area contributed by atoms with Gasteiger partial charge in [-0.1, -0.05) is 23.7 Å². The smallest absolute Gasteiger partial charge is 0.177 e. The SMILES string of the molecule is COc1cc(Cl)ccc1NC(=S)N1CCC[NH+](Cc2ccc(F)cc2)C1. The average Bonchev–Trinajstić information content (AvgIpc) is 2.65. The van der Waals surface area contributed by atoms with Crippen LogP contribution in [0.25, 0.3) is 0 Å². The molecule has 26 heavy (non-hydrogen) atoms. The van der Waals surface area contributed by atoms with Crippen LogP contribution in [0.2, 0.25) is 5.02 Å². The second-order valence-corrected chi connectivity index (χ2v) is 7.18. The fraction of sp³-hybridized carbons (Fsp3) is 0.316. The van der Waals surface area contributed by atoms with E-state index < -0.39 is 0 Å². The van der Waals surface area contributed by atoms with Crippen molar-refractivity contribution in [3.63, 3.8) is 0 Å². The Bertz CT molecular complexity index is 772. The van der Waals surface area contributed by atoms with E-state index in [1.807, 2.05) is 18.2 Å². The van der Waals surface area contributed by atoms with Gasteiger partial charge in [0.15, 0.2) is 11.8 Å². The molecule has 2 N–H and O–H groups in total. The van der Waals surface area contributed by atoms with Crippen LogP contribution in [0.3, 0.4) is 0 Å². The molecular formula is C19H22ClFN3OS+. The molecule has 1 saturated heterocycles. The third-order valence-corrected chi connectivity index (χ3v) is 5.03. The number of methoxy groups -OCH3 is 1. The van der Waals surface area contributed by atoms with Gasteiger partial charge in [-0.15, -0.1) is 0 Å². The summed E-state index contributed by atoms with van der Waals surface area (Å²) < 4.78 is 18.4. The third-order valence-electron chi connectivity index (χ3n) is 4.43. The number of quaternary nitrogens is 1. The van der Waals surface area contributed by atoms with Gasteiger partial charge >= 0.3 is 0 Å². The number of hydrogen-bond donors (Lipinski definition) is 2. The number of halogens is 2. The number of anilines is 1. The highest BCUT2D eigenvalue weighted by molar-refractivity contribution is 7.80. The lowest BCUT2D eigenvalue weighted by molar-refractivity contribution is -0.927. The molecule has 138 valence electrons. The minimum absolute atomic E-state index is 0.202. The molecule has 0 radical (unpaired) electrons. The zero-order valence-electron chi connectivity index (χ0n) is 14.6. The summed E-state index contributed by atoms with van der Waals surface area (Å²) in [5, 5.41) is 4.55. The minimum atomic E-state index is -0.202. The maximum absolute atomic E-state index is 13.1. The van der Waals surface area contributed by atoms with Crippen LogP contribution in [0.5, 0.6) is 5.75 Å². The molecule has 1 fully saturated rings. The zero-order valence-corrected chi connectivity index (χ0v) is 16.2. The number of benzene rings is 2. The first-order valence-electron chi connectivity index (χ1n) is 8.52. The second kappa shape index (κ2) is 8.66. The van der Waals surface area contributed by atoms with E-state index in [9.17, 15) is 4.39 Å². The number of ether oxygens (including phenoxy) is 1. The van der Waals surface area contributed by atoms with Crippen molar-refractivity contribution in [1.82, 2.24) is 4.90 Å². The highest BCUT2D eigenvalue weighted by Crippen LogP contribution is 2.28. The van der Waals surface area contributed by atoms with E-state index >= 15 is 0 Å².